The third-order valence-corrected chi connectivity index (χ3v) is 12.5. The van der Waals surface area contributed by atoms with E-state index in [-0.39, 0.29) is 0 Å². The zero-order valence-corrected chi connectivity index (χ0v) is 33.2. The zero-order chi connectivity index (χ0) is 40.3. The van der Waals surface area contributed by atoms with Gasteiger partial charge in [-0.1, -0.05) is 200 Å². The topological polar surface area (TPSA) is 38.7 Å². The fourth-order valence-corrected chi connectivity index (χ4v) is 9.92. The van der Waals surface area contributed by atoms with Crippen LogP contribution in [0, 0.1) is 0 Å². The molecule has 0 fully saturated rings. The van der Waals surface area contributed by atoms with Gasteiger partial charge in [0, 0.05) is 16.7 Å². The normalized spacial score (nSPS) is 12.7. The minimum atomic E-state index is -0.466. The van der Waals surface area contributed by atoms with Crippen LogP contribution in [0.5, 0.6) is 0 Å². The average molecular weight is 776 g/mol. The molecular weight excluding hydrogens is 739 g/mol. The number of rotatable bonds is 6. The van der Waals surface area contributed by atoms with Crippen LogP contribution in [-0.2, 0) is 5.41 Å². The molecule has 1 spiro atoms. The van der Waals surface area contributed by atoms with Crippen molar-refractivity contribution in [1.29, 1.82) is 0 Å². The smallest absolute Gasteiger partial charge is 0.164 e. The second-order valence-corrected chi connectivity index (χ2v) is 15.9. The highest BCUT2D eigenvalue weighted by Crippen LogP contribution is 2.64. The minimum absolute atomic E-state index is 0.466. The van der Waals surface area contributed by atoms with E-state index in [0.29, 0.717) is 17.5 Å². The monoisotopic (exact) mass is 775 g/mol. The molecule has 0 radical (unpaired) electrons. The standard InChI is InChI=1S/C58H37N3/c1-4-18-38(19-5-1)43-35-44(39-20-6-2-7-21-39)37-45(36-43)57-60-55(40-22-8-3-9-23-40)59-56(61-57)42-25-16-24-41(34-42)46-29-17-30-50-49-28-12-15-33-53(49)58(54(46)50)51-31-13-10-26-47(51)48-27-11-14-32-52(48)58/h1-37H. The summed E-state index contributed by atoms with van der Waals surface area (Å²) in [5, 5.41) is 0. The number of aromatic nitrogens is 3. The SMILES string of the molecule is c1ccc(-c2cc(-c3ccccc3)cc(-c3nc(-c4ccccc4)nc(-c4cccc(-c5cccc6c5C5(c7ccccc7-c7ccccc75)c5ccccc5-6)c4)n3)c2)cc1. The summed E-state index contributed by atoms with van der Waals surface area (Å²) in [7, 11) is 0. The minimum Gasteiger partial charge on any atom is -0.208 e. The number of hydrogen-bond acceptors (Lipinski definition) is 3. The molecule has 0 aliphatic heterocycles. The number of benzene rings is 9. The van der Waals surface area contributed by atoms with Gasteiger partial charge in [-0.2, -0.15) is 0 Å². The van der Waals surface area contributed by atoms with Gasteiger partial charge in [0.1, 0.15) is 0 Å². The second kappa shape index (κ2) is 14.1. The average Bonchev–Trinajstić information content (AvgIpc) is 3.82. The van der Waals surface area contributed by atoms with Crippen molar-refractivity contribution in [1.82, 2.24) is 15.0 Å². The van der Waals surface area contributed by atoms with Crippen molar-refractivity contribution < 1.29 is 0 Å². The zero-order valence-electron chi connectivity index (χ0n) is 33.2. The predicted octanol–water partition coefficient (Wildman–Crippen LogP) is 14.2. The Kier molecular flexibility index (Phi) is 8.07. The molecule has 12 rings (SSSR count). The van der Waals surface area contributed by atoms with Gasteiger partial charge < -0.3 is 0 Å². The lowest BCUT2D eigenvalue weighted by Gasteiger charge is -2.32. The Hall–Kier alpha value is -8.01. The Morgan fingerprint density at radius 2 is 0.574 bits per heavy atom. The molecule has 61 heavy (non-hydrogen) atoms. The van der Waals surface area contributed by atoms with E-state index in [2.05, 4.69) is 206 Å². The van der Waals surface area contributed by atoms with Gasteiger partial charge in [0.25, 0.3) is 0 Å². The molecule has 2 aliphatic carbocycles. The maximum absolute atomic E-state index is 5.32. The van der Waals surface area contributed by atoms with E-state index < -0.39 is 5.41 Å². The van der Waals surface area contributed by atoms with Crippen molar-refractivity contribution in [3.05, 3.63) is 247 Å². The van der Waals surface area contributed by atoms with Gasteiger partial charge >= 0.3 is 0 Å². The van der Waals surface area contributed by atoms with Crippen molar-refractivity contribution in [2.45, 2.75) is 5.41 Å². The van der Waals surface area contributed by atoms with Gasteiger partial charge in [0.2, 0.25) is 0 Å². The van der Waals surface area contributed by atoms with Crippen LogP contribution in [0.15, 0.2) is 224 Å². The summed E-state index contributed by atoms with van der Waals surface area (Å²) in [6.07, 6.45) is 0. The van der Waals surface area contributed by atoms with E-state index in [9.17, 15) is 0 Å². The molecule has 2 aliphatic rings. The molecule has 0 N–H and O–H groups in total. The highest BCUT2D eigenvalue weighted by atomic mass is 15.0. The van der Waals surface area contributed by atoms with Crippen molar-refractivity contribution in [2.24, 2.45) is 0 Å². The van der Waals surface area contributed by atoms with E-state index >= 15 is 0 Å². The first-order valence-electron chi connectivity index (χ1n) is 20.9. The van der Waals surface area contributed by atoms with Crippen molar-refractivity contribution in [3.8, 4) is 89.8 Å². The Bertz CT molecular complexity index is 3180. The lowest BCUT2D eigenvalue weighted by Crippen LogP contribution is -2.26. The molecule has 284 valence electrons. The molecule has 3 heteroatoms. The van der Waals surface area contributed by atoms with E-state index in [1.165, 1.54) is 50.1 Å². The van der Waals surface area contributed by atoms with Gasteiger partial charge in [-0.3, -0.25) is 0 Å². The van der Waals surface area contributed by atoms with Crippen LogP contribution in [0.4, 0.5) is 0 Å². The summed E-state index contributed by atoms with van der Waals surface area (Å²) < 4.78 is 0. The molecule has 0 amide bonds. The van der Waals surface area contributed by atoms with Crippen LogP contribution in [0.3, 0.4) is 0 Å². The summed E-state index contributed by atoms with van der Waals surface area (Å²) in [6, 6.07) is 80.4. The number of hydrogen-bond donors (Lipinski definition) is 0. The first-order chi connectivity index (χ1) is 30.2. The van der Waals surface area contributed by atoms with Gasteiger partial charge in [-0.25, -0.2) is 15.0 Å². The quantitative estimate of drug-likeness (QED) is 0.169. The van der Waals surface area contributed by atoms with E-state index in [4.69, 9.17) is 15.0 Å². The summed E-state index contributed by atoms with van der Waals surface area (Å²) in [5.74, 6) is 1.88. The molecular formula is C58H37N3. The van der Waals surface area contributed by atoms with Crippen molar-refractivity contribution >= 4 is 0 Å². The van der Waals surface area contributed by atoms with Crippen LogP contribution in [0.1, 0.15) is 22.3 Å². The van der Waals surface area contributed by atoms with Crippen LogP contribution < -0.4 is 0 Å². The fourth-order valence-electron chi connectivity index (χ4n) is 9.92. The van der Waals surface area contributed by atoms with Crippen LogP contribution in [0.25, 0.3) is 89.8 Å². The molecule has 0 saturated heterocycles. The fraction of sp³-hybridized carbons (Fsp3) is 0.0172. The third kappa shape index (κ3) is 5.55. The van der Waals surface area contributed by atoms with Crippen LogP contribution >= 0.6 is 0 Å². The lowest BCUT2D eigenvalue weighted by atomic mass is 9.68. The number of fused-ring (bicyclic) bond motifs is 10. The van der Waals surface area contributed by atoms with Gasteiger partial charge in [0.05, 0.1) is 5.41 Å². The van der Waals surface area contributed by atoms with E-state index in [1.54, 1.807) is 0 Å². The maximum Gasteiger partial charge on any atom is 0.164 e. The molecule has 0 unspecified atom stereocenters. The summed E-state index contributed by atoms with van der Waals surface area (Å²) in [5.41, 5.74) is 19.5. The van der Waals surface area contributed by atoms with Crippen LogP contribution in [0.2, 0.25) is 0 Å². The lowest BCUT2D eigenvalue weighted by molar-refractivity contribution is 0.796. The first kappa shape index (κ1) is 35.0. The summed E-state index contributed by atoms with van der Waals surface area (Å²) in [6.45, 7) is 0. The van der Waals surface area contributed by atoms with Gasteiger partial charge in [-0.15, -0.1) is 0 Å². The molecule has 0 bridgehead atoms. The molecule has 1 heterocycles. The molecule has 1 aromatic heterocycles. The molecule has 3 nitrogen and oxygen atoms in total. The van der Waals surface area contributed by atoms with Crippen molar-refractivity contribution in [2.75, 3.05) is 0 Å². The van der Waals surface area contributed by atoms with Gasteiger partial charge in [-0.05, 0) is 102 Å². The third-order valence-electron chi connectivity index (χ3n) is 12.5. The number of nitrogens with zero attached hydrogens (tertiary/aromatic N) is 3. The highest BCUT2D eigenvalue weighted by Gasteiger charge is 2.52. The Labute approximate surface area is 355 Å². The van der Waals surface area contributed by atoms with E-state index in [1.807, 2.05) is 18.2 Å². The van der Waals surface area contributed by atoms with Crippen LogP contribution in [-0.4, -0.2) is 15.0 Å². The molecule has 0 saturated carbocycles. The van der Waals surface area contributed by atoms with Gasteiger partial charge in [0.15, 0.2) is 17.5 Å². The largest absolute Gasteiger partial charge is 0.208 e. The van der Waals surface area contributed by atoms with Crippen molar-refractivity contribution in [3.63, 3.8) is 0 Å². The summed E-state index contributed by atoms with van der Waals surface area (Å²) in [4.78, 5) is 15.7. The molecule has 0 atom stereocenters. The molecule has 9 aromatic carbocycles. The molecule has 10 aromatic rings. The maximum atomic E-state index is 5.32. The summed E-state index contributed by atoms with van der Waals surface area (Å²) >= 11 is 0. The Morgan fingerprint density at radius 1 is 0.230 bits per heavy atom. The highest BCUT2D eigenvalue weighted by molar-refractivity contribution is 5.99. The Morgan fingerprint density at radius 3 is 1.13 bits per heavy atom. The second-order valence-electron chi connectivity index (χ2n) is 15.9. The first-order valence-corrected chi connectivity index (χ1v) is 20.9. The Balaban J connectivity index is 1.06. The van der Waals surface area contributed by atoms with E-state index in [0.717, 1.165) is 44.5 Å². The predicted molar refractivity (Wildman–Crippen MR) is 249 cm³/mol.